The summed E-state index contributed by atoms with van der Waals surface area (Å²) in [5.41, 5.74) is 0.668. The van der Waals surface area contributed by atoms with E-state index >= 15 is 0 Å². The molecule has 1 fully saturated rings. The average Bonchev–Trinajstić information content (AvgIpc) is 3.22. The molecule has 0 radical (unpaired) electrons. The van der Waals surface area contributed by atoms with Crippen molar-refractivity contribution in [1.82, 2.24) is 14.9 Å². The molecule has 2 aromatic rings. The molecule has 0 aliphatic carbocycles. The molecule has 2 aromatic heterocycles. The molecule has 124 valence electrons. The Labute approximate surface area is 142 Å². The molecule has 1 aliphatic heterocycles. The van der Waals surface area contributed by atoms with Crippen LogP contribution in [0, 0.1) is 0 Å². The zero-order chi connectivity index (χ0) is 16.2. The number of hydrogen-bond acceptors (Lipinski definition) is 6. The molecule has 8 heteroatoms. The maximum atomic E-state index is 12.4. The van der Waals surface area contributed by atoms with Crippen LogP contribution in [0.5, 0.6) is 0 Å². The number of nitrogens with zero attached hydrogens (tertiary/aromatic N) is 2. The van der Waals surface area contributed by atoms with Gasteiger partial charge in [-0.05, 0) is 31.2 Å². The minimum Gasteiger partial charge on any atom is -0.376 e. The third kappa shape index (κ3) is 3.76. The Morgan fingerprint density at radius 3 is 3.22 bits per heavy atom. The van der Waals surface area contributed by atoms with Crippen molar-refractivity contribution in [2.75, 3.05) is 18.9 Å². The van der Waals surface area contributed by atoms with Crippen molar-refractivity contribution < 1.29 is 9.53 Å². The van der Waals surface area contributed by atoms with Gasteiger partial charge in [-0.2, -0.15) is 0 Å². The first-order valence-electron chi connectivity index (χ1n) is 7.68. The van der Waals surface area contributed by atoms with E-state index in [2.05, 4.69) is 10.3 Å². The second kappa shape index (κ2) is 7.46. The molecule has 3 rings (SSSR count). The van der Waals surface area contributed by atoms with E-state index in [-0.39, 0.29) is 23.3 Å². The van der Waals surface area contributed by atoms with E-state index in [4.69, 9.17) is 4.74 Å². The lowest BCUT2D eigenvalue weighted by Gasteiger charge is -2.12. The lowest BCUT2D eigenvalue weighted by Crippen LogP contribution is -2.33. The van der Waals surface area contributed by atoms with Crippen molar-refractivity contribution >= 4 is 39.2 Å². The van der Waals surface area contributed by atoms with Crippen molar-refractivity contribution in [3.05, 3.63) is 21.8 Å². The van der Waals surface area contributed by atoms with Gasteiger partial charge in [0, 0.05) is 19.7 Å². The number of aromatic nitrogens is 2. The van der Waals surface area contributed by atoms with Crippen molar-refractivity contribution in [3.8, 4) is 0 Å². The number of fused-ring (bicyclic) bond motifs is 1. The Hall–Kier alpha value is -1.38. The molecule has 3 heterocycles. The fourth-order valence-electron chi connectivity index (χ4n) is 2.53. The number of carbonyl (C=O) groups is 1. The predicted molar refractivity (Wildman–Crippen MR) is 92.3 cm³/mol. The first-order valence-corrected chi connectivity index (χ1v) is 9.54. The number of thiophene rings is 1. The number of nitrogens with one attached hydrogen (secondary N) is 1. The van der Waals surface area contributed by atoms with Crippen LogP contribution in [0.15, 0.2) is 21.4 Å². The van der Waals surface area contributed by atoms with E-state index in [0.717, 1.165) is 19.4 Å². The Bertz CT molecular complexity index is 750. The highest BCUT2D eigenvalue weighted by Crippen LogP contribution is 2.20. The topological polar surface area (TPSA) is 73.2 Å². The molecular formula is C15H19N3O3S2. The quantitative estimate of drug-likeness (QED) is 0.634. The first-order chi connectivity index (χ1) is 11.2. The van der Waals surface area contributed by atoms with Gasteiger partial charge in [-0.3, -0.25) is 14.2 Å². The van der Waals surface area contributed by atoms with Gasteiger partial charge in [0.25, 0.3) is 5.56 Å². The molecule has 6 nitrogen and oxygen atoms in total. The van der Waals surface area contributed by atoms with Crippen molar-refractivity contribution in [2.45, 2.75) is 37.6 Å². The molecule has 1 N–H and O–H groups in total. The van der Waals surface area contributed by atoms with Crippen LogP contribution in [-0.4, -0.2) is 40.5 Å². The molecule has 0 bridgehead atoms. The summed E-state index contributed by atoms with van der Waals surface area (Å²) >= 11 is 2.70. The first kappa shape index (κ1) is 16.5. The number of carbonyl (C=O) groups excluding carboxylic acids is 1. The highest BCUT2D eigenvalue weighted by atomic mass is 32.2. The van der Waals surface area contributed by atoms with E-state index in [9.17, 15) is 9.59 Å². The van der Waals surface area contributed by atoms with Gasteiger partial charge in [-0.15, -0.1) is 11.3 Å². The Kier molecular flexibility index (Phi) is 5.34. The lowest BCUT2D eigenvalue weighted by molar-refractivity contribution is -0.119. The Morgan fingerprint density at radius 2 is 2.48 bits per heavy atom. The van der Waals surface area contributed by atoms with Gasteiger partial charge in [0.1, 0.15) is 4.70 Å². The largest absolute Gasteiger partial charge is 0.376 e. The second-order valence-electron chi connectivity index (χ2n) is 5.31. The van der Waals surface area contributed by atoms with Gasteiger partial charge in [0.05, 0.1) is 17.4 Å². The fourth-order valence-corrected chi connectivity index (χ4v) is 4.20. The summed E-state index contributed by atoms with van der Waals surface area (Å²) in [6, 6.07) is 1.84. The van der Waals surface area contributed by atoms with Gasteiger partial charge < -0.3 is 10.1 Å². The average molecular weight is 353 g/mol. The third-order valence-electron chi connectivity index (χ3n) is 3.73. The summed E-state index contributed by atoms with van der Waals surface area (Å²) in [6.45, 7) is 3.78. The summed E-state index contributed by atoms with van der Waals surface area (Å²) < 4.78 is 7.77. The predicted octanol–water partition coefficient (Wildman–Crippen LogP) is 1.87. The van der Waals surface area contributed by atoms with Crippen LogP contribution in [0.25, 0.3) is 10.2 Å². The zero-order valence-corrected chi connectivity index (χ0v) is 14.5. The maximum Gasteiger partial charge on any atom is 0.272 e. The Balaban J connectivity index is 1.64. The third-order valence-corrected chi connectivity index (χ3v) is 5.60. The summed E-state index contributed by atoms with van der Waals surface area (Å²) in [7, 11) is 0. The number of amides is 1. The van der Waals surface area contributed by atoms with E-state index in [1.165, 1.54) is 23.1 Å². The van der Waals surface area contributed by atoms with Crippen molar-refractivity contribution in [1.29, 1.82) is 0 Å². The van der Waals surface area contributed by atoms with Gasteiger partial charge in [-0.1, -0.05) is 11.8 Å². The minimum atomic E-state index is -0.0622. The summed E-state index contributed by atoms with van der Waals surface area (Å²) in [5, 5.41) is 5.34. The smallest absolute Gasteiger partial charge is 0.272 e. The highest BCUT2D eigenvalue weighted by molar-refractivity contribution is 7.99. The van der Waals surface area contributed by atoms with E-state index in [1.807, 2.05) is 18.4 Å². The minimum absolute atomic E-state index is 0.0326. The second-order valence-corrected chi connectivity index (χ2v) is 7.17. The lowest BCUT2D eigenvalue weighted by atomic mass is 10.2. The molecule has 0 spiro atoms. The summed E-state index contributed by atoms with van der Waals surface area (Å²) in [4.78, 5) is 28.9. The number of ether oxygens (including phenoxy) is 1. The molecule has 1 saturated heterocycles. The van der Waals surface area contributed by atoms with Gasteiger partial charge in [-0.25, -0.2) is 4.98 Å². The van der Waals surface area contributed by atoms with Crippen LogP contribution in [0.3, 0.4) is 0 Å². The standard InChI is InChI=1S/C15H19N3O3S2/c1-2-18-14(20)13-11(5-7-22-13)17-15(18)23-9-12(19)16-8-10-4-3-6-21-10/h5,7,10H,2-4,6,8-9H2,1H3,(H,16,19)/t10-/m1/s1. The van der Waals surface area contributed by atoms with Crippen molar-refractivity contribution in [2.24, 2.45) is 0 Å². The van der Waals surface area contributed by atoms with Gasteiger partial charge in [0.2, 0.25) is 5.91 Å². The van der Waals surface area contributed by atoms with E-state index < -0.39 is 0 Å². The Morgan fingerprint density at radius 1 is 1.61 bits per heavy atom. The number of hydrogen-bond donors (Lipinski definition) is 1. The molecule has 1 atom stereocenters. The summed E-state index contributed by atoms with van der Waals surface area (Å²) in [5.74, 6) is 0.183. The van der Waals surface area contributed by atoms with Crippen LogP contribution in [0.1, 0.15) is 19.8 Å². The SMILES string of the molecule is CCn1c(SCC(=O)NC[C@H]2CCCO2)nc2ccsc2c1=O. The van der Waals surface area contributed by atoms with Gasteiger partial charge >= 0.3 is 0 Å². The molecule has 1 aliphatic rings. The highest BCUT2D eigenvalue weighted by Gasteiger charge is 2.17. The van der Waals surface area contributed by atoms with Crippen molar-refractivity contribution in [3.63, 3.8) is 0 Å². The zero-order valence-electron chi connectivity index (χ0n) is 12.9. The molecule has 0 saturated carbocycles. The molecule has 1 amide bonds. The molecule has 0 unspecified atom stereocenters. The van der Waals surface area contributed by atoms with Crippen LogP contribution in [-0.2, 0) is 16.1 Å². The molecule has 0 aromatic carbocycles. The van der Waals surface area contributed by atoms with Gasteiger partial charge in [0.15, 0.2) is 5.16 Å². The number of rotatable bonds is 6. The molecule has 23 heavy (non-hydrogen) atoms. The summed E-state index contributed by atoms with van der Waals surface area (Å²) in [6.07, 6.45) is 2.19. The van der Waals surface area contributed by atoms with Crippen LogP contribution in [0.2, 0.25) is 0 Å². The van der Waals surface area contributed by atoms with E-state index in [0.29, 0.717) is 28.5 Å². The van der Waals surface area contributed by atoms with Crippen LogP contribution in [0.4, 0.5) is 0 Å². The van der Waals surface area contributed by atoms with E-state index in [1.54, 1.807) is 4.57 Å². The van der Waals surface area contributed by atoms with Crippen LogP contribution < -0.4 is 10.9 Å². The maximum absolute atomic E-state index is 12.4. The van der Waals surface area contributed by atoms with Crippen LogP contribution >= 0.6 is 23.1 Å². The fraction of sp³-hybridized carbons (Fsp3) is 0.533. The monoisotopic (exact) mass is 353 g/mol. The number of thioether (sulfide) groups is 1. The normalized spacial score (nSPS) is 17.7. The molecular weight excluding hydrogens is 334 g/mol.